The highest BCUT2D eigenvalue weighted by molar-refractivity contribution is 6.35. The van der Waals surface area contributed by atoms with Crippen molar-refractivity contribution in [3.8, 4) is 5.75 Å². The van der Waals surface area contributed by atoms with E-state index in [1.165, 1.54) is 24.3 Å². The van der Waals surface area contributed by atoms with Gasteiger partial charge in [-0.1, -0.05) is 35.3 Å². The number of esters is 1. The van der Waals surface area contributed by atoms with Crippen molar-refractivity contribution < 1.29 is 37.0 Å². The van der Waals surface area contributed by atoms with Crippen LogP contribution in [0.2, 0.25) is 10.0 Å². The Bertz CT molecular complexity index is 1480. The number of hydrogen-bond donors (Lipinski definition) is 3. The number of hydrogen-bond acceptors (Lipinski definition) is 7. The normalized spacial score (nSPS) is 11.9. The number of alkyl halides is 3. The maximum Gasteiger partial charge on any atom is 0.573 e. The van der Waals surface area contributed by atoms with Crippen LogP contribution in [0.4, 0.5) is 18.9 Å². The smallest absolute Gasteiger partial charge is 0.474 e. The van der Waals surface area contributed by atoms with Gasteiger partial charge >= 0.3 is 12.3 Å². The van der Waals surface area contributed by atoms with Gasteiger partial charge in [-0.05, 0) is 80.9 Å². The third-order valence-corrected chi connectivity index (χ3v) is 5.89. The molecule has 8 nitrogen and oxygen atoms in total. The minimum atomic E-state index is -4.83. The fourth-order valence-corrected chi connectivity index (χ4v) is 4.13. The standard InChI is InChI=1S/C31H30Cl2F3N3O5/c1-30(2,3)44-28(40)12-13-38-29(41)20-6-4-19(5-7-20)18-42-27(17-26(37)21-14-22(32)16-23(33)15-21)39-24-8-10-25(11-9-24)43-31(34,35)36/h4-11,14-17,37,39H,12-13,18H2,1-3H3,(H,38,41)/b27-17+,37-26?. The first kappa shape index (κ1) is 34.3. The highest BCUT2D eigenvalue weighted by Gasteiger charge is 2.31. The van der Waals surface area contributed by atoms with Gasteiger partial charge in [0.25, 0.3) is 5.91 Å². The predicted molar refractivity (Wildman–Crippen MR) is 162 cm³/mol. The molecular weight excluding hydrogens is 622 g/mol. The number of ether oxygens (including phenoxy) is 3. The molecule has 0 fully saturated rings. The molecule has 44 heavy (non-hydrogen) atoms. The van der Waals surface area contributed by atoms with Crippen LogP contribution < -0.4 is 15.4 Å². The maximum absolute atomic E-state index is 12.5. The number of amides is 1. The molecule has 0 aliphatic carbocycles. The second kappa shape index (κ2) is 15.0. The van der Waals surface area contributed by atoms with Crippen LogP contribution in [0.15, 0.2) is 78.7 Å². The molecule has 0 aliphatic rings. The van der Waals surface area contributed by atoms with Crippen molar-refractivity contribution in [1.29, 1.82) is 5.41 Å². The molecule has 0 unspecified atom stereocenters. The summed E-state index contributed by atoms with van der Waals surface area (Å²) in [4.78, 5) is 24.3. The van der Waals surface area contributed by atoms with Crippen LogP contribution >= 0.6 is 23.2 Å². The van der Waals surface area contributed by atoms with Crippen LogP contribution in [-0.2, 0) is 20.9 Å². The van der Waals surface area contributed by atoms with Gasteiger partial charge in [-0.15, -0.1) is 13.2 Å². The molecule has 13 heteroatoms. The quantitative estimate of drug-likeness (QED) is 0.104. The average Bonchev–Trinajstić information content (AvgIpc) is 2.90. The summed E-state index contributed by atoms with van der Waals surface area (Å²) in [5.41, 5.74) is 1.19. The van der Waals surface area contributed by atoms with E-state index in [0.717, 1.165) is 12.1 Å². The van der Waals surface area contributed by atoms with Gasteiger partial charge in [-0.2, -0.15) is 0 Å². The first-order chi connectivity index (χ1) is 20.6. The van der Waals surface area contributed by atoms with E-state index in [0.29, 0.717) is 32.4 Å². The molecule has 0 saturated heterocycles. The number of allylic oxidation sites excluding steroid dienone is 1. The fraction of sp³-hybridized carbons (Fsp3) is 0.258. The van der Waals surface area contributed by atoms with Gasteiger partial charge in [0.2, 0.25) is 0 Å². The van der Waals surface area contributed by atoms with Crippen molar-refractivity contribution in [2.24, 2.45) is 0 Å². The van der Waals surface area contributed by atoms with Gasteiger partial charge in [0.15, 0.2) is 5.88 Å². The molecule has 0 aromatic heterocycles. The Kier molecular flexibility index (Phi) is 11.7. The van der Waals surface area contributed by atoms with E-state index in [4.69, 9.17) is 38.1 Å². The number of carbonyl (C=O) groups is 2. The summed E-state index contributed by atoms with van der Waals surface area (Å²) in [7, 11) is 0. The minimum Gasteiger partial charge on any atom is -0.474 e. The van der Waals surface area contributed by atoms with Gasteiger partial charge in [0.1, 0.15) is 18.0 Å². The summed E-state index contributed by atoms with van der Waals surface area (Å²) >= 11 is 12.1. The zero-order valence-electron chi connectivity index (χ0n) is 24.0. The molecule has 0 atom stereocenters. The van der Waals surface area contributed by atoms with Crippen molar-refractivity contribution >= 4 is 46.5 Å². The molecular formula is C31H30Cl2F3N3O5. The number of nitrogens with one attached hydrogen (secondary N) is 3. The van der Waals surface area contributed by atoms with Gasteiger partial charge in [0.05, 0.1) is 12.1 Å². The summed E-state index contributed by atoms with van der Waals surface area (Å²) in [5.74, 6) is -1.08. The van der Waals surface area contributed by atoms with E-state index < -0.39 is 23.7 Å². The number of anilines is 1. The van der Waals surface area contributed by atoms with Crippen LogP contribution in [0.25, 0.3) is 0 Å². The van der Waals surface area contributed by atoms with Crippen molar-refractivity contribution in [2.75, 3.05) is 11.9 Å². The third kappa shape index (κ3) is 12.2. The Morgan fingerprint density at radius 1 is 0.909 bits per heavy atom. The lowest BCUT2D eigenvalue weighted by molar-refractivity contribution is -0.274. The van der Waals surface area contributed by atoms with E-state index >= 15 is 0 Å². The molecule has 0 heterocycles. The van der Waals surface area contributed by atoms with Crippen LogP contribution in [0.5, 0.6) is 5.75 Å². The van der Waals surface area contributed by atoms with Gasteiger partial charge < -0.3 is 30.3 Å². The first-order valence-electron chi connectivity index (χ1n) is 13.2. The molecule has 3 N–H and O–H groups in total. The van der Waals surface area contributed by atoms with E-state index in [1.807, 2.05) is 0 Å². The zero-order chi connectivity index (χ0) is 32.5. The molecule has 1 amide bonds. The minimum absolute atomic E-state index is 0.00711. The predicted octanol–water partition coefficient (Wildman–Crippen LogP) is 7.89. The third-order valence-electron chi connectivity index (χ3n) is 5.45. The van der Waals surface area contributed by atoms with E-state index in [1.54, 1.807) is 57.2 Å². The van der Waals surface area contributed by atoms with Crippen LogP contribution in [0, 0.1) is 5.41 Å². The van der Waals surface area contributed by atoms with Crippen molar-refractivity contribution in [2.45, 2.75) is 45.8 Å². The fourth-order valence-electron chi connectivity index (χ4n) is 3.61. The largest absolute Gasteiger partial charge is 0.573 e. The Hall–Kier alpha value is -4.22. The topological polar surface area (TPSA) is 110 Å². The molecule has 3 aromatic rings. The lowest BCUT2D eigenvalue weighted by atomic mass is 10.1. The van der Waals surface area contributed by atoms with Gasteiger partial charge in [-0.25, -0.2) is 0 Å². The lowest BCUT2D eigenvalue weighted by Gasteiger charge is -2.19. The molecule has 0 bridgehead atoms. The Morgan fingerprint density at radius 2 is 1.52 bits per heavy atom. The van der Waals surface area contributed by atoms with Crippen LogP contribution in [0.3, 0.4) is 0 Å². The molecule has 0 radical (unpaired) electrons. The summed E-state index contributed by atoms with van der Waals surface area (Å²) < 4.78 is 52.6. The molecule has 3 rings (SSSR count). The second-order valence-electron chi connectivity index (χ2n) is 10.4. The SMILES string of the molecule is CC(C)(C)OC(=O)CCNC(=O)c1ccc(CO/C(=C/C(=N)c2cc(Cl)cc(Cl)c2)Nc2ccc(OC(F)(F)F)cc2)cc1. The van der Waals surface area contributed by atoms with Gasteiger partial charge in [0, 0.05) is 39.5 Å². The molecule has 0 saturated carbocycles. The monoisotopic (exact) mass is 651 g/mol. The Morgan fingerprint density at radius 3 is 2.09 bits per heavy atom. The number of rotatable bonds is 12. The van der Waals surface area contributed by atoms with Crippen LogP contribution in [-0.4, -0.2) is 36.1 Å². The Labute approximate surface area is 262 Å². The van der Waals surface area contributed by atoms with Gasteiger partial charge in [-0.3, -0.25) is 9.59 Å². The highest BCUT2D eigenvalue weighted by Crippen LogP contribution is 2.25. The zero-order valence-corrected chi connectivity index (χ0v) is 25.5. The van der Waals surface area contributed by atoms with Crippen molar-refractivity contribution in [3.05, 3.63) is 105 Å². The maximum atomic E-state index is 12.5. The van der Waals surface area contributed by atoms with Crippen molar-refractivity contribution in [3.63, 3.8) is 0 Å². The first-order valence-corrected chi connectivity index (χ1v) is 13.9. The summed E-state index contributed by atoms with van der Waals surface area (Å²) in [5, 5.41) is 14.8. The van der Waals surface area contributed by atoms with E-state index in [2.05, 4.69) is 15.4 Å². The molecule has 0 spiro atoms. The van der Waals surface area contributed by atoms with Crippen LogP contribution in [0.1, 0.15) is 48.7 Å². The second-order valence-corrected chi connectivity index (χ2v) is 11.2. The summed E-state index contributed by atoms with van der Waals surface area (Å²) in [6.07, 6.45) is -3.42. The summed E-state index contributed by atoms with van der Waals surface area (Å²) in [6, 6.07) is 16.1. The number of benzene rings is 3. The molecule has 0 aliphatic heterocycles. The van der Waals surface area contributed by atoms with E-state index in [-0.39, 0.29) is 37.1 Å². The Balaban J connectivity index is 1.68. The molecule has 234 valence electrons. The highest BCUT2D eigenvalue weighted by atomic mass is 35.5. The summed E-state index contributed by atoms with van der Waals surface area (Å²) in [6.45, 7) is 5.41. The lowest BCUT2D eigenvalue weighted by Crippen LogP contribution is -2.29. The average molecular weight is 652 g/mol. The van der Waals surface area contributed by atoms with Crippen molar-refractivity contribution in [1.82, 2.24) is 5.32 Å². The molecule has 3 aromatic carbocycles. The number of carbonyl (C=O) groups excluding carboxylic acids is 2. The van der Waals surface area contributed by atoms with E-state index in [9.17, 15) is 22.8 Å². The number of halogens is 5.